The Hall–Kier alpha value is -1.30. The summed E-state index contributed by atoms with van der Waals surface area (Å²) in [6, 6.07) is 0. The minimum atomic E-state index is -0.350. The highest BCUT2D eigenvalue weighted by Crippen LogP contribution is 2.17. The van der Waals surface area contributed by atoms with Crippen molar-refractivity contribution < 1.29 is 19.2 Å². The Labute approximate surface area is 94.8 Å². The molecule has 6 nitrogen and oxygen atoms in total. The van der Waals surface area contributed by atoms with E-state index in [4.69, 9.17) is 4.74 Å². The summed E-state index contributed by atoms with van der Waals surface area (Å²) in [7, 11) is 1.39. The highest BCUT2D eigenvalue weighted by molar-refractivity contribution is 5.79. The molecule has 0 aromatic rings. The van der Waals surface area contributed by atoms with Crippen LogP contribution in [0, 0.1) is 5.92 Å². The molecule has 1 aliphatic rings. The van der Waals surface area contributed by atoms with Gasteiger partial charge in [-0.25, -0.2) is 10.3 Å². The third-order valence-electron chi connectivity index (χ3n) is 2.52. The van der Waals surface area contributed by atoms with Crippen LogP contribution in [0.1, 0.15) is 19.8 Å². The normalized spacial score (nSPS) is 20.4. The zero-order chi connectivity index (χ0) is 12.0. The topological polar surface area (TPSA) is 67.9 Å². The van der Waals surface area contributed by atoms with Gasteiger partial charge in [-0.05, 0) is 19.8 Å². The second-order valence-electron chi connectivity index (χ2n) is 3.65. The molecule has 1 heterocycles. The van der Waals surface area contributed by atoms with Crippen molar-refractivity contribution in [2.24, 2.45) is 5.92 Å². The molecule has 0 aliphatic carbocycles. The van der Waals surface area contributed by atoms with Crippen LogP contribution in [0.4, 0.5) is 4.79 Å². The van der Waals surface area contributed by atoms with Crippen LogP contribution in [0.25, 0.3) is 0 Å². The third kappa shape index (κ3) is 3.37. The van der Waals surface area contributed by atoms with Crippen molar-refractivity contribution in [3.8, 4) is 0 Å². The number of carbonyl (C=O) groups is 2. The van der Waals surface area contributed by atoms with Gasteiger partial charge < -0.3 is 9.64 Å². The number of amides is 2. The summed E-state index contributed by atoms with van der Waals surface area (Å²) in [4.78, 5) is 29.1. The van der Waals surface area contributed by atoms with Crippen molar-refractivity contribution in [2.75, 3.05) is 26.8 Å². The van der Waals surface area contributed by atoms with Gasteiger partial charge in [0.25, 0.3) is 0 Å². The molecule has 0 spiro atoms. The molecule has 16 heavy (non-hydrogen) atoms. The highest BCUT2D eigenvalue weighted by atomic mass is 16.6. The van der Waals surface area contributed by atoms with Gasteiger partial charge in [-0.1, -0.05) is 0 Å². The van der Waals surface area contributed by atoms with Crippen LogP contribution in [-0.4, -0.2) is 43.7 Å². The van der Waals surface area contributed by atoms with Crippen LogP contribution in [0.15, 0.2) is 0 Å². The first-order valence-corrected chi connectivity index (χ1v) is 5.43. The summed E-state index contributed by atoms with van der Waals surface area (Å²) in [5.74, 6) is -0.394. The first kappa shape index (κ1) is 12.8. The van der Waals surface area contributed by atoms with E-state index in [0.717, 1.165) is 12.8 Å². The Morgan fingerprint density at radius 2 is 2.25 bits per heavy atom. The Bertz CT molecular complexity index is 233. The van der Waals surface area contributed by atoms with Crippen LogP contribution in [0.2, 0.25) is 0 Å². The van der Waals surface area contributed by atoms with E-state index in [1.165, 1.54) is 7.11 Å². The summed E-state index contributed by atoms with van der Waals surface area (Å²) in [5.41, 5.74) is 2.29. The van der Waals surface area contributed by atoms with Crippen LogP contribution in [0.5, 0.6) is 0 Å². The molecular weight excluding hydrogens is 212 g/mol. The van der Waals surface area contributed by atoms with E-state index in [1.807, 2.05) is 0 Å². The smallest absolute Gasteiger partial charge is 0.409 e. The molecule has 1 aliphatic heterocycles. The number of hydrogen-bond acceptors (Lipinski definition) is 4. The van der Waals surface area contributed by atoms with Gasteiger partial charge >= 0.3 is 6.09 Å². The Balaban J connectivity index is 2.46. The van der Waals surface area contributed by atoms with E-state index in [1.54, 1.807) is 11.8 Å². The van der Waals surface area contributed by atoms with Crippen LogP contribution in [0.3, 0.4) is 0 Å². The van der Waals surface area contributed by atoms with Gasteiger partial charge in [0, 0.05) is 13.1 Å². The molecule has 1 N–H and O–H groups in total. The van der Waals surface area contributed by atoms with E-state index in [2.05, 4.69) is 10.3 Å². The molecule has 0 bridgehead atoms. The number of nitrogens with one attached hydrogen (secondary N) is 1. The zero-order valence-electron chi connectivity index (χ0n) is 9.69. The van der Waals surface area contributed by atoms with Crippen molar-refractivity contribution in [3.63, 3.8) is 0 Å². The Morgan fingerprint density at radius 3 is 2.88 bits per heavy atom. The van der Waals surface area contributed by atoms with Crippen molar-refractivity contribution in [1.82, 2.24) is 10.4 Å². The quantitative estimate of drug-likeness (QED) is 0.718. The predicted octanol–water partition coefficient (Wildman–Crippen LogP) is 0.532. The maximum absolute atomic E-state index is 11.5. The number of piperidine rings is 1. The van der Waals surface area contributed by atoms with E-state index in [0.29, 0.717) is 19.7 Å². The van der Waals surface area contributed by atoms with Crippen molar-refractivity contribution in [3.05, 3.63) is 0 Å². The van der Waals surface area contributed by atoms with Gasteiger partial charge in [0.15, 0.2) is 0 Å². The number of hydroxylamine groups is 1. The molecule has 1 rings (SSSR count). The fraction of sp³-hybridized carbons (Fsp3) is 0.800. The molecule has 0 unspecified atom stereocenters. The molecule has 0 aromatic carbocycles. The monoisotopic (exact) mass is 230 g/mol. The fourth-order valence-electron chi connectivity index (χ4n) is 1.76. The molecule has 92 valence electrons. The molecule has 0 radical (unpaired) electrons. The number of ether oxygens (including phenoxy) is 1. The number of likely N-dealkylation sites (tertiary alicyclic amines) is 1. The number of carbonyl (C=O) groups excluding carboxylic acids is 2. The second-order valence-corrected chi connectivity index (χ2v) is 3.65. The summed E-state index contributed by atoms with van der Waals surface area (Å²) < 4.78 is 4.89. The minimum absolute atomic E-state index is 0.184. The standard InChI is InChI=1S/C10H18N2O4/c1-3-16-10(14)12-6-4-5-8(7-12)9(13)11-15-2/h8H,3-7H2,1-2H3,(H,11,13)/t8-/m1/s1. The highest BCUT2D eigenvalue weighted by Gasteiger charge is 2.28. The molecule has 1 atom stereocenters. The lowest BCUT2D eigenvalue weighted by Gasteiger charge is -2.30. The summed E-state index contributed by atoms with van der Waals surface area (Å²) in [5, 5.41) is 0. The first-order valence-electron chi connectivity index (χ1n) is 5.43. The Morgan fingerprint density at radius 1 is 1.50 bits per heavy atom. The molecule has 6 heteroatoms. The van der Waals surface area contributed by atoms with Gasteiger partial charge in [-0.2, -0.15) is 0 Å². The number of rotatable bonds is 3. The molecule has 2 amide bonds. The van der Waals surface area contributed by atoms with E-state index in [9.17, 15) is 9.59 Å². The van der Waals surface area contributed by atoms with Gasteiger partial charge in [-0.3, -0.25) is 9.63 Å². The van der Waals surface area contributed by atoms with E-state index < -0.39 is 0 Å². The van der Waals surface area contributed by atoms with E-state index in [-0.39, 0.29) is 17.9 Å². The first-order chi connectivity index (χ1) is 7.69. The molecule has 1 saturated heterocycles. The SMILES string of the molecule is CCOC(=O)N1CCC[C@@H](C(=O)NOC)C1. The predicted molar refractivity (Wildman–Crippen MR) is 56.5 cm³/mol. The lowest BCUT2D eigenvalue weighted by molar-refractivity contribution is -0.137. The van der Waals surface area contributed by atoms with Crippen LogP contribution in [-0.2, 0) is 14.4 Å². The van der Waals surface area contributed by atoms with Crippen LogP contribution >= 0.6 is 0 Å². The number of hydrogen-bond donors (Lipinski definition) is 1. The fourth-order valence-corrected chi connectivity index (χ4v) is 1.76. The van der Waals surface area contributed by atoms with Crippen molar-refractivity contribution in [2.45, 2.75) is 19.8 Å². The average molecular weight is 230 g/mol. The molecular formula is C10H18N2O4. The van der Waals surface area contributed by atoms with E-state index >= 15 is 0 Å². The van der Waals surface area contributed by atoms with Gasteiger partial charge in [0.05, 0.1) is 19.6 Å². The Kier molecular flexibility index (Phi) is 5.04. The third-order valence-corrected chi connectivity index (χ3v) is 2.52. The molecule has 0 aromatic heterocycles. The lowest BCUT2D eigenvalue weighted by Crippen LogP contribution is -2.45. The van der Waals surface area contributed by atoms with Gasteiger partial charge in [0.1, 0.15) is 0 Å². The zero-order valence-corrected chi connectivity index (χ0v) is 9.69. The minimum Gasteiger partial charge on any atom is -0.450 e. The molecule has 1 fully saturated rings. The number of nitrogens with zero attached hydrogens (tertiary/aromatic N) is 1. The van der Waals surface area contributed by atoms with Crippen LogP contribution < -0.4 is 5.48 Å². The molecule has 0 saturated carbocycles. The maximum Gasteiger partial charge on any atom is 0.409 e. The summed E-state index contributed by atoms with van der Waals surface area (Å²) in [6.07, 6.45) is 1.23. The van der Waals surface area contributed by atoms with Gasteiger partial charge in [0.2, 0.25) is 5.91 Å². The summed E-state index contributed by atoms with van der Waals surface area (Å²) in [6.45, 7) is 3.16. The van der Waals surface area contributed by atoms with Gasteiger partial charge in [-0.15, -0.1) is 0 Å². The largest absolute Gasteiger partial charge is 0.450 e. The lowest BCUT2D eigenvalue weighted by atomic mass is 9.98. The average Bonchev–Trinajstić information content (AvgIpc) is 2.30. The summed E-state index contributed by atoms with van der Waals surface area (Å²) >= 11 is 0. The van der Waals surface area contributed by atoms with Crippen molar-refractivity contribution >= 4 is 12.0 Å². The second kappa shape index (κ2) is 6.32. The van der Waals surface area contributed by atoms with Crippen molar-refractivity contribution in [1.29, 1.82) is 0 Å². The maximum atomic E-state index is 11.5.